The second kappa shape index (κ2) is 3.30. The van der Waals surface area contributed by atoms with E-state index < -0.39 is 0 Å². The number of aryl methyl sites for hydroxylation is 1. The SMILES string of the molecule is Cc1sc(C=O)cc1CBr. The minimum Gasteiger partial charge on any atom is -0.297 e. The van der Waals surface area contributed by atoms with Crippen molar-refractivity contribution in [1.29, 1.82) is 0 Å². The van der Waals surface area contributed by atoms with Crippen LogP contribution in [0, 0.1) is 6.92 Å². The maximum atomic E-state index is 10.3. The molecule has 0 aliphatic rings. The van der Waals surface area contributed by atoms with Gasteiger partial charge in [-0.2, -0.15) is 0 Å². The summed E-state index contributed by atoms with van der Waals surface area (Å²) in [6.45, 7) is 2.02. The number of halogens is 1. The molecule has 1 aromatic rings. The van der Waals surface area contributed by atoms with Crippen LogP contribution in [-0.4, -0.2) is 6.29 Å². The molecule has 0 atom stereocenters. The molecule has 0 spiro atoms. The predicted molar refractivity (Wildman–Crippen MR) is 47.1 cm³/mol. The average Bonchev–Trinajstić information content (AvgIpc) is 2.30. The van der Waals surface area contributed by atoms with Crippen molar-refractivity contribution < 1.29 is 4.79 Å². The summed E-state index contributed by atoms with van der Waals surface area (Å²) < 4.78 is 0. The van der Waals surface area contributed by atoms with Crippen LogP contribution >= 0.6 is 27.3 Å². The van der Waals surface area contributed by atoms with Crippen LogP contribution in [0.2, 0.25) is 0 Å². The standard InChI is InChI=1S/C7H7BrOS/c1-5-6(3-8)2-7(4-9)10-5/h2,4H,3H2,1H3. The van der Waals surface area contributed by atoms with Gasteiger partial charge in [-0.1, -0.05) is 15.9 Å². The van der Waals surface area contributed by atoms with Crippen molar-refractivity contribution in [2.75, 3.05) is 0 Å². The molecule has 54 valence electrons. The van der Waals surface area contributed by atoms with Gasteiger partial charge in [-0.05, 0) is 18.6 Å². The first-order chi connectivity index (χ1) is 4.77. The van der Waals surface area contributed by atoms with Gasteiger partial charge in [-0.3, -0.25) is 4.79 Å². The molecule has 1 nitrogen and oxygen atoms in total. The van der Waals surface area contributed by atoms with Gasteiger partial charge >= 0.3 is 0 Å². The largest absolute Gasteiger partial charge is 0.297 e. The summed E-state index contributed by atoms with van der Waals surface area (Å²) in [5.41, 5.74) is 1.21. The number of thiophene rings is 1. The zero-order valence-corrected chi connectivity index (χ0v) is 7.96. The van der Waals surface area contributed by atoms with Crippen LogP contribution in [0.3, 0.4) is 0 Å². The Labute approximate surface area is 72.2 Å². The Morgan fingerprint density at radius 3 is 2.80 bits per heavy atom. The topological polar surface area (TPSA) is 17.1 Å². The van der Waals surface area contributed by atoms with Gasteiger partial charge in [0.2, 0.25) is 0 Å². The van der Waals surface area contributed by atoms with Crippen LogP contribution in [0.1, 0.15) is 20.1 Å². The molecular weight excluding hydrogens is 212 g/mol. The van der Waals surface area contributed by atoms with Crippen molar-refractivity contribution in [3.05, 3.63) is 21.4 Å². The van der Waals surface area contributed by atoms with E-state index in [1.54, 1.807) is 11.3 Å². The van der Waals surface area contributed by atoms with Gasteiger partial charge in [0.15, 0.2) is 6.29 Å². The Balaban J connectivity index is 3.03. The molecule has 0 aromatic carbocycles. The van der Waals surface area contributed by atoms with E-state index in [9.17, 15) is 4.79 Å². The first kappa shape index (κ1) is 7.95. The summed E-state index contributed by atoms with van der Waals surface area (Å²) in [5, 5.41) is 0.836. The van der Waals surface area contributed by atoms with Crippen LogP contribution < -0.4 is 0 Å². The lowest BCUT2D eigenvalue weighted by Gasteiger charge is -1.86. The number of hydrogen-bond donors (Lipinski definition) is 0. The van der Waals surface area contributed by atoms with E-state index >= 15 is 0 Å². The van der Waals surface area contributed by atoms with E-state index in [1.807, 2.05) is 13.0 Å². The molecule has 0 saturated carbocycles. The van der Waals surface area contributed by atoms with E-state index in [4.69, 9.17) is 0 Å². The van der Waals surface area contributed by atoms with Crippen molar-refractivity contribution in [2.24, 2.45) is 0 Å². The van der Waals surface area contributed by atoms with Crippen LogP contribution in [0.25, 0.3) is 0 Å². The molecule has 1 heterocycles. The zero-order chi connectivity index (χ0) is 7.56. The average molecular weight is 219 g/mol. The third-order valence-corrected chi connectivity index (χ3v) is 2.92. The van der Waals surface area contributed by atoms with Crippen molar-refractivity contribution in [3.63, 3.8) is 0 Å². The fraction of sp³-hybridized carbons (Fsp3) is 0.286. The lowest BCUT2D eigenvalue weighted by Crippen LogP contribution is -1.72. The maximum Gasteiger partial charge on any atom is 0.160 e. The number of alkyl halides is 1. The Hall–Kier alpha value is -0.150. The van der Waals surface area contributed by atoms with Crippen LogP contribution in [0.5, 0.6) is 0 Å². The first-order valence-electron chi connectivity index (χ1n) is 2.88. The molecule has 0 aliphatic carbocycles. The molecule has 0 saturated heterocycles. The van der Waals surface area contributed by atoms with Gasteiger partial charge in [-0.15, -0.1) is 11.3 Å². The van der Waals surface area contributed by atoms with Crippen molar-refractivity contribution in [1.82, 2.24) is 0 Å². The smallest absolute Gasteiger partial charge is 0.160 e. The minimum atomic E-state index is 0.812. The summed E-state index contributed by atoms with van der Waals surface area (Å²) in [4.78, 5) is 12.3. The molecule has 0 bridgehead atoms. The highest BCUT2D eigenvalue weighted by molar-refractivity contribution is 9.08. The highest BCUT2D eigenvalue weighted by Crippen LogP contribution is 2.21. The molecule has 0 unspecified atom stereocenters. The number of hydrogen-bond acceptors (Lipinski definition) is 2. The molecule has 0 radical (unpaired) electrons. The van der Waals surface area contributed by atoms with Crippen LogP contribution in [-0.2, 0) is 5.33 Å². The van der Waals surface area contributed by atoms with Gasteiger partial charge in [0.25, 0.3) is 0 Å². The van der Waals surface area contributed by atoms with E-state index in [0.29, 0.717) is 0 Å². The van der Waals surface area contributed by atoms with Gasteiger partial charge in [-0.25, -0.2) is 0 Å². The number of aldehydes is 1. The molecule has 0 aliphatic heterocycles. The van der Waals surface area contributed by atoms with Gasteiger partial charge in [0, 0.05) is 10.2 Å². The summed E-state index contributed by atoms with van der Waals surface area (Å²) in [7, 11) is 0. The minimum absolute atomic E-state index is 0.812. The highest BCUT2D eigenvalue weighted by atomic mass is 79.9. The van der Waals surface area contributed by atoms with Crippen LogP contribution in [0.4, 0.5) is 0 Å². The number of rotatable bonds is 2. The highest BCUT2D eigenvalue weighted by Gasteiger charge is 2.01. The molecule has 0 fully saturated rings. The molecule has 10 heavy (non-hydrogen) atoms. The monoisotopic (exact) mass is 218 g/mol. The third kappa shape index (κ3) is 1.47. The lowest BCUT2D eigenvalue weighted by atomic mass is 10.3. The Morgan fingerprint density at radius 1 is 1.80 bits per heavy atom. The van der Waals surface area contributed by atoms with Crippen LogP contribution in [0.15, 0.2) is 6.07 Å². The van der Waals surface area contributed by atoms with Crippen molar-refractivity contribution in [2.45, 2.75) is 12.3 Å². The molecule has 1 aromatic heterocycles. The van der Waals surface area contributed by atoms with Crippen molar-refractivity contribution in [3.8, 4) is 0 Å². The third-order valence-electron chi connectivity index (χ3n) is 1.30. The normalized spacial score (nSPS) is 9.80. The Bertz CT molecular complexity index is 242. The maximum absolute atomic E-state index is 10.3. The predicted octanol–water partition coefficient (Wildman–Crippen LogP) is 2.76. The summed E-state index contributed by atoms with van der Waals surface area (Å²) in [6.07, 6.45) is 0.893. The second-order valence-electron chi connectivity index (χ2n) is 1.98. The molecular formula is C7H7BrOS. The summed E-state index contributed by atoms with van der Waals surface area (Å²) in [5.74, 6) is 0. The van der Waals surface area contributed by atoms with E-state index in [-0.39, 0.29) is 0 Å². The van der Waals surface area contributed by atoms with Gasteiger partial charge < -0.3 is 0 Å². The fourth-order valence-corrected chi connectivity index (χ4v) is 2.37. The molecule has 1 rings (SSSR count). The van der Waals surface area contributed by atoms with Gasteiger partial charge in [0.05, 0.1) is 4.88 Å². The molecule has 0 amide bonds. The number of carbonyl (C=O) groups is 1. The summed E-state index contributed by atoms with van der Waals surface area (Å²) >= 11 is 4.88. The zero-order valence-electron chi connectivity index (χ0n) is 5.56. The van der Waals surface area contributed by atoms with E-state index in [0.717, 1.165) is 16.5 Å². The molecule has 0 N–H and O–H groups in total. The van der Waals surface area contributed by atoms with Crippen molar-refractivity contribution >= 4 is 33.6 Å². The molecule has 3 heteroatoms. The Kier molecular flexibility index (Phi) is 2.63. The lowest BCUT2D eigenvalue weighted by molar-refractivity contribution is 0.112. The quantitative estimate of drug-likeness (QED) is 0.552. The van der Waals surface area contributed by atoms with E-state index in [2.05, 4.69) is 15.9 Å². The summed E-state index contributed by atoms with van der Waals surface area (Å²) in [6, 6.07) is 1.92. The second-order valence-corrected chi connectivity index (χ2v) is 3.83. The Morgan fingerprint density at radius 2 is 2.50 bits per heavy atom. The first-order valence-corrected chi connectivity index (χ1v) is 4.82. The number of carbonyl (C=O) groups excluding carboxylic acids is 1. The van der Waals surface area contributed by atoms with E-state index in [1.165, 1.54) is 10.4 Å². The fourth-order valence-electron chi connectivity index (χ4n) is 0.736. The van der Waals surface area contributed by atoms with Gasteiger partial charge in [0.1, 0.15) is 0 Å².